The molecule has 161 valence electrons. The van der Waals surface area contributed by atoms with Crippen LogP contribution in [-0.2, 0) is 14.8 Å². The van der Waals surface area contributed by atoms with Crippen molar-refractivity contribution in [3.63, 3.8) is 0 Å². The van der Waals surface area contributed by atoms with Crippen molar-refractivity contribution in [2.45, 2.75) is 23.8 Å². The van der Waals surface area contributed by atoms with Crippen LogP contribution in [0.4, 0.5) is 5.82 Å². The van der Waals surface area contributed by atoms with E-state index in [-0.39, 0.29) is 22.7 Å². The van der Waals surface area contributed by atoms with Crippen LogP contribution in [0.15, 0.2) is 53.6 Å². The highest BCUT2D eigenvalue weighted by Crippen LogP contribution is 2.31. The topological polar surface area (TPSA) is 120 Å². The number of aromatic nitrogens is 2. The molecule has 2 N–H and O–H groups in total. The Morgan fingerprint density at radius 2 is 1.75 bits per heavy atom. The Hall–Kier alpha value is -3.56. The average Bonchev–Trinajstić information content (AvgIpc) is 3.64. The summed E-state index contributed by atoms with van der Waals surface area (Å²) in [6, 6.07) is 12.2. The molecule has 5 rings (SSSR count). The molecule has 2 aromatic carbocycles. The summed E-state index contributed by atoms with van der Waals surface area (Å²) >= 11 is 0. The zero-order valence-corrected chi connectivity index (χ0v) is 18.1. The number of anilines is 1. The summed E-state index contributed by atoms with van der Waals surface area (Å²) in [7, 11) is -1.89. The first kappa shape index (κ1) is 20.3. The minimum absolute atomic E-state index is 0.0978. The minimum atomic E-state index is -3.51. The molecule has 2 aliphatic rings. The van der Waals surface area contributed by atoms with Gasteiger partial charge < -0.3 is 5.73 Å². The van der Waals surface area contributed by atoms with Crippen molar-refractivity contribution in [2.75, 3.05) is 12.8 Å². The molecule has 1 amide bonds. The summed E-state index contributed by atoms with van der Waals surface area (Å²) in [5, 5.41) is 5.35. The first-order valence-corrected chi connectivity index (χ1v) is 11.5. The highest BCUT2D eigenvalue weighted by Gasteiger charge is 2.34. The molecule has 2 heterocycles. The highest BCUT2D eigenvalue weighted by molar-refractivity contribution is 7.89. The summed E-state index contributed by atoms with van der Waals surface area (Å²) in [5.41, 5.74) is 8.58. The van der Waals surface area contributed by atoms with Crippen molar-refractivity contribution in [1.29, 1.82) is 0 Å². The molecule has 0 unspecified atom stereocenters. The molecule has 1 aliphatic carbocycles. The molecule has 9 heteroatoms. The zero-order valence-electron chi connectivity index (χ0n) is 17.3. The van der Waals surface area contributed by atoms with Crippen LogP contribution < -0.4 is 21.5 Å². The number of benzene rings is 2. The van der Waals surface area contributed by atoms with Crippen LogP contribution in [0.5, 0.6) is 0 Å². The highest BCUT2D eigenvalue weighted by atomic mass is 32.2. The van der Waals surface area contributed by atoms with Crippen molar-refractivity contribution >= 4 is 34.0 Å². The first-order chi connectivity index (χ1) is 15.3. The van der Waals surface area contributed by atoms with Gasteiger partial charge in [0, 0.05) is 41.7 Å². The van der Waals surface area contributed by atoms with Gasteiger partial charge in [0.1, 0.15) is 11.5 Å². The maximum absolute atomic E-state index is 12.7. The lowest BCUT2D eigenvalue weighted by Crippen LogP contribution is -2.32. The van der Waals surface area contributed by atoms with Gasteiger partial charge in [-0.15, -0.1) is 0 Å². The SMILES string of the molecule is CN(C1CC1)S(=O)(=O)c1ccc(-c2cnc(N)c(-c3ccc4c(c3)=CC(=O)[N]C=4)n2)cc1. The number of hydrogen-bond acceptors (Lipinski definition) is 6. The molecule has 1 saturated carbocycles. The largest absolute Gasteiger partial charge is 0.382 e. The van der Waals surface area contributed by atoms with Crippen LogP contribution >= 0.6 is 0 Å². The van der Waals surface area contributed by atoms with E-state index in [1.807, 2.05) is 18.2 Å². The number of fused-ring (bicyclic) bond motifs is 1. The summed E-state index contributed by atoms with van der Waals surface area (Å²) in [4.78, 5) is 20.8. The third kappa shape index (κ3) is 3.65. The minimum Gasteiger partial charge on any atom is -0.382 e. The number of nitrogen functional groups attached to an aromatic ring is 1. The van der Waals surface area contributed by atoms with Gasteiger partial charge in [-0.3, -0.25) is 4.79 Å². The Kier molecular flexibility index (Phi) is 4.79. The van der Waals surface area contributed by atoms with Crippen molar-refractivity contribution < 1.29 is 13.2 Å². The van der Waals surface area contributed by atoms with Gasteiger partial charge in [-0.1, -0.05) is 24.3 Å². The van der Waals surface area contributed by atoms with Gasteiger partial charge in [0.15, 0.2) is 0 Å². The van der Waals surface area contributed by atoms with Gasteiger partial charge in [0.25, 0.3) is 5.91 Å². The van der Waals surface area contributed by atoms with Crippen LogP contribution in [0.3, 0.4) is 0 Å². The van der Waals surface area contributed by atoms with E-state index in [1.54, 1.807) is 37.5 Å². The van der Waals surface area contributed by atoms with Gasteiger partial charge in [-0.05, 0) is 36.3 Å². The predicted octanol–water partition coefficient (Wildman–Crippen LogP) is 0.839. The van der Waals surface area contributed by atoms with E-state index >= 15 is 0 Å². The zero-order chi connectivity index (χ0) is 22.5. The normalized spacial score (nSPS) is 15.5. The van der Waals surface area contributed by atoms with E-state index in [0.29, 0.717) is 11.4 Å². The Labute approximate surface area is 185 Å². The van der Waals surface area contributed by atoms with E-state index in [1.165, 1.54) is 16.6 Å². The molecule has 0 bridgehead atoms. The van der Waals surface area contributed by atoms with Gasteiger partial charge in [-0.2, -0.15) is 4.31 Å². The van der Waals surface area contributed by atoms with Crippen LogP contribution in [0, 0.1) is 0 Å². The average molecular weight is 447 g/mol. The molecule has 1 aromatic heterocycles. The molecule has 3 aromatic rings. The predicted molar refractivity (Wildman–Crippen MR) is 121 cm³/mol. The van der Waals surface area contributed by atoms with Gasteiger partial charge in [-0.25, -0.2) is 23.7 Å². The van der Waals surface area contributed by atoms with Crippen molar-refractivity contribution in [2.24, 2.45) is 0 Å². The van der Waals surface area contributed by atoms with Gasteiger partial charge in [0.05, 0.1) is 16.8 Å². The standard InChI is InChI=1S/C23H20N5O3S/c1-28(18-6-7-18)32(30,31)19-8-4-14(5-9-19)20-13-26-23(24)22(27-20)15-2-3-16-12-25-21(29)11-17(16)10-15/h2-5,8-13,18H,6-7H2,1H3,(H2,24,26). The lowest BCUT2D eigenvalue weighted by molar-refractivity contribution is -0.114. The number of rotatable bonds is 5. The van der Waals surface area contributed by atoms with Gasteiger partial charge >= 0.3 is 0 Å². The number of nitrogens with two attached hydrogens (primary N) is 1. The molecule has 1 aliphatic heterocycles. The lowest BCUT2D eigenvalue weighted by Gasteiger charge is -2.16. The lowest BCUT2D eigenvalue weighted by atomic mass is 10.1. The summed E-state index contributed by atoms with van der Waals surface area (Å²) in [5.74, 6) is -0.0559. The fourth-order valence-corrected chi connectivity index (χ4v) is 5.03. The molecule has 0 saturated heterocycles. The summed E-state index contributed by atoms with van der Waals surface area (Å²) < 4.78 is 26.9. The number of amides is 1. The number of carbonyl (C=O) groups is 1. The Balaban J connectivity index is 1.50. The van der Waals surface area contributed by atoms with Crippen LogP contribution in [0.25, 0.3) is 34.8 Å². The molecular formula is C23H20N5O3S. The third-order valence-electron chi connectivity index (χ3n) is 5.66. The fraction of sp³-hybridized carbons (Fsp3) is 0.174. The molecule has 8 nitrogen and oxygen atoms in total. The van der Waals surface area contributed by atoms with Crippen molar-refractivity contribution in [3.8, 4) is 22.5 Å². The van der Waals surface area contributed by atoms with E-state index in [0.717, 1.165) is 34.4 Å². The second-order valence-electron chi connectivity index (χ2n) is 7.85. The Bertz CT molecular complexity index is 1460. The van der Waals surface area contributed by atoms with E-state index in [9.17, 15) is 13.2 Å². The van der Waals surface area contributed by atoms with E-state index in [4.69, 9.17) is 5.73 Å². The third-order valence-corrected chi connectivity index (χ3v) is 7.58. The monoisotopic (exact) mass is 446 g/mol. The number of nitrogens with zero attached hydrogens (tertiary/aromatic N) is 4. The van der Waals surface area contributed by atoms with Crippen LogP contribution in [0.1, 0.15) is 12.8 Å². The van der Waals surface area contributed by atoms with Crippen molar-refractivity contribution in [1.82, 2.24) is 19.6 Å². The maximum Gasteiger partial charge on any atom is 0.270 e. The molecule has 0 atom stereocenters. The smallest absolute Gasteiger partial charge is 0.270 e. The number of hydrogen-bond donors (Lipinski definition) is 1. The molecule has 0 spiro atoms. The summed E-state index contributed by atoms with van der Waals surface area (Å²) in [6.45, 7) is 0. The Morgan fingerprint density at radius 3 is 2.47 bits per heavy atom. The van der Waals surface area contributed by atoms with Crippen LogP contribution in [-0.4, -0.2) is 41.7 Å². The fourth-order valence-electron chi connectivity index (χ4n) is 3.62. The molecule has 1 radical (unpaired) electrons. The molecular weight excluding hydrogens is 426 g/mol. The number of sulfonamides is 1. The van der Waals surface area contributed by atoms with E-state index < -0.39 is 10.0 Å². The molecule has 32 heavy (non-hydrogen) atoms. The second-order valence-corrected chi connectivity index (χ2v) is 9.85. The van der Waals surface area contributed by atoms with Crippen molar-refractivity contribution in [3.05, 3.63) is 59.1 Å². The molecule has 1 fully saturated rings. The first-order valence-electron chi connectivity index (χ1n) is 10.1. The second kappa shape index (κ2) is 7.54. The number of carbonyl (C=O) groups excluding carboxylic acids is 1. The summed E-state index contributed by atoms with van der Waals surface area (Å²) in [6.07, 6.45) is 6.35. The maximum atomic E-state index is 12.7. The van der Waals surface area contributed by atoms with Gasteiger partial charge in [0.2, 0.25) is 10.0 Å². The van der Waals surface area contributed by atoms with Crippen LogP contribution in [0.2, 0.25) is 0 Å². The quantitative estimate of drug-likeness (QED) is 0.620. The van der Waals surface area contributed by atoms with E-state index in [2.05, 4.69) is 15.3 Å². The Morgan fingerprint density at radius 1 is 1.03 bits per heavy atom.